The van der Waals surface area contributed by atoms with Gasteiger partial charge in [0.05, 0.1) is 12.2 Å². The highest BCUT2D eigenvalue weighted by molar-refractivity contribution is 9.09. The number of rotatable bonds is 6. The number of carbonyl (C=O) groups is 1. The van der Waals surface area contributed by atoms with Crippen LogP contribution in [0.5, 0.6) is 11.5 Å². The van der Waals surface area contributed by atoms with Gasteiger partial charge in [-0.15, -0.1) is 0 Å². The van der Waals surface area contributed by atoms with Gasteiger partial charge in [0.2, 0.25) is 5.78 Å². The zero-order valence-electron chi connectivity index (χ0n) is 9.58. The van der Waals surface area contributed by atoms with Crippen LogP contribution in [0.3, 0.4) is 0 Å². The molecule has 0 fully saturated rings. The lowest BCUT2D eigenvalue weighted by Gasteiger charge is -2.06. The lowest BCUT2D eigenvalue weighted by atomic mass is 10.1. The number of benzene rings is 1. The Kier molecular flexibility index (Phi) is 4.42. The van der Waals surface area contributed by atoms with E-state index in [0.717, 1.165) is 23.9 Å². The minimum atomic E-state index is 0.0453. The number of fused-ring (bicyclic) bond motifs is 1. The first-order valence-electron chi connectivity index (χ1n) is 5.80. The van der Waals surface area contributed by atoms with E-state index in [-0.39, 0.29) is 12.4 Å². The van der Waals surface area contributed by atoms with E-state index < -0.39 is 0 Å². The molecule has 0 unspecified atom stereocenters. The molecule has 1 heterocycles. The number of carbonyl (C=O) groups excluding carboxylic acids is 1. The highest BCUT2D eigenvalue weighted by atomic mass is 79.9. The maximum atomic E-state index is 11.3. The Labute approximate surface area is 109 Å². The molecule has 0 aromatic heterocycles. The molecule has 0 radical (unpaired) electrons. The predicted octanol–water partition coefficient (Wildman–Crippen LogP) is 3.21. The van der Waals surface area contributed by atoms with Crippen molar-refractivity contribution >= 4 is 21.7 Å². The molecule has 17 heavy (non-hydrogen) atoms. The zero-order valence-corrected chi connectivity index (χ0v) is 11.2. The molecule has 2 rings (SSSR count). The van der Waals surface area contributed by atoms with Crippen molar-refractivity contribution < 1.29 is 14.3 Å². The number of hydrogen-bond acceptors (Lipinski definition) is 3. The molecule has 0 saturated carbocycles. The van der Waals surface area contributed by atoms with E-state index in [9.17, 15) is 4.79 Å². The summed E-state index contributed by atoms with van der Waals surface area (Å²) in [4.78, 5) is 11.3. The summed E-state index contributed by atoms with van der Waals surface area (Å²) in [5.74, 6) is 1.47. The van der Waals surface area contributed by atoms with Gasteiger partial charge in [-0.25, -0.2) is 0 Å². The number of ether oxygens (including phenoxy) is 2. The molecular formula is C13H15BrO3. The fourth-order valence-corrected chi connectivity index (χ4v) is 2.12. The summed E-state index contributed by atoms with van der Waals surface area (Å²) in [5.41, 5.74) is 0.664. The molecule has 0 amide bonds. The summed E-state index contributed by atoms with van der Waals surface area (Å²) in [6, 6.07) is 5.40. The summed E-state index contributed by atoms with van der Waals surface area (Å²) in [5, 5.41) is 1.04. The minimum absolute atomic E-state index is 0.0453. The quantitative estimate of drug-likeness (QED) is 0.598. The molecule has 1 aliphatic heterocycles. The molecule has 0 aliphatic carbocycles. The molecular weight excluding hydrogens is 284 g/mol. The van der Waals surface area contributed by atoms with Crippen molar-refractivity contribution in [3.63, 3.8) is 0 Å². The van der Waals surface area contributed by atoms with Crippen molar-refractivity contribution in [3.8, 4) is 11.5 Å². The number of hydrogen-bond donors (Lipinski definition) is 0. The Morgan fingerprint density at radius 1 is 1.29 bits per heavy atom. The third kappa shape index (κ3) is 3.22. The van der Waals surface area contributed by atoms with Crippen LogP contribution in [0.25, 0.3) is 0 Å². The second kappa shape index (κ2) is 6.05. The first-order valence-corrected chi connectivity index (χ1v) is 6.92. The maximum absolute atomic E-state index is 11.3. The summed E-state index contributed by atoms with van der Waals surface area (Å²) in [7, 11) is 0. The summed E-state index contributed by atoms with van der Waals surface area (Å²) in [6.45, 7) is 0.865. The fourth-order valence-electron chi connectivity index (χ4n) is 1.73. The minimum Gasteiger partial charge on any atom is -0.493 e. The molecule has 1 aromatic carbocycles. The third-order valence-electron chi connectivity index (χ3n) is 2.66. The topological polar surface area (TPSA) is 35.5 Å². The summed E-state index contributed by atoms with van der Waals surface area (Å²) >= 11 is 3.40. The summed E-state index contributed by atoms with van der Waals surface area (Å²) in [6.07, 6.45) is 3.37. The van der Waals surface area contributed by atoms with Gasteiger partial charge in [0, 0.05) is 11.4 Å². The molecule has 0 atom stereocenters. The Hall–Kier alpha value is -1.03. The molecule has 0 bridgehead atoms. The first-order chi connectivity index (χ1) is 8.31. The van der Waals surface area contributed by atoms with E-state index in [1.807, 2.05) is 6.07 Å². The van der Waals surface area contributed by atoms with Crippen LogP contribution in [0, 0.1) is 0 Å². The summed E-state index contributed by atoms with van der Waals surface area (Å²) < 4.78 is 10.9. The molecule has 1 aromatic rings. The normalized spacial score (nSPS) is 13.4. The molecule has 3 nitrogen and oxygen atoms in total. The molecule has 4 heteroatoms. The molecule has 0 saturated heterocycles. The van der Waals surface area contributed by atoms with Crippen LogP contribution < -0.4 is 9.47 Å². The smallest absolute Gasteiger partial charge is 0.203 e. The van der Waals surface area contributed by atoms with Gasteiger partial charge >= 0.3 is 0 Å². The zero-order chi connectivity index (χ0) is 12.1. The average molecular weight is 299 g/mol. The maximum Gasteiger partial charge on any atom is 0.203 e. The largest absolute Gasteiger partial charge is 0.493 e. The van der Waals surface area contributed by atoms with Gasteiger partial charge in [0.1, 0.15) is 11.5 Å². The number of halogens is 1. The standard InChI is InChI=1S/C13H15BrO3/c14-6-2-1-3-7-16-10-4-5-11-12(15)9-17-13(11)8-10/h4-5,8H,1-3,6-7,9H2. The van der Waals surface area contributed by atoms with Gasteiger partial charge < -0.3 is 9.47 Å². The van der Waals surface area contributed by atoms with Crippen LogP contribution in [-0.2, 0) is 0 Å². The van der Waals surface area contributed by atoms with E-state index >= 15 is 0 Å². The van der Waals surface area contributed by atoms with E-state index in [2.05, 4.69) is 15.9 Å². The van der Waals surface area contributed by atoms with Crippen LogP contribution in [-0.4, -0.2) is 24.3 Å². The molecule has 0 spiro atoms. The lowest BCUT2D eigenvalue weighted by Crippen LogP contribution is -1.98. The third-order valence-corrected chi connectivity index (χ3v) is 3.22. The first kappa shape index (κ1) is 12.4. The van der Waals surface area contributed by atoms with Crippen molar-refractivity contribution in [2.45, 2.75) is 19.3 Å². The van der Waals surface area contributed by atoms with Crippen molar-refractivity contribution in [2.75, 3.05) is 18.5 Å². The van der Waals surface area contributed by atoms with Crippen LogP contribution in [0.2, 0.25) is 0 Å². The van der Waals surface area contributed by atoms with Gasteiger partial charge in [-0.1, -0.05) is 15.9 Å². The molecule has 0 N–H and O–H groups in total. The van der Waals surface area contributed by atoms with Crippen molar-refractivity contribution in [2.24, 2.45) is 0 Å². The Balaban J connectivity index is 1.84. The van der Waals surface area contributed by atoms with E-state index in [0.29, 0.717) is 17.9 Å². The molecule has 92 valence electrons. The number of Topliss-reactive ketones (excluding diaryl/α,β-unsaturated/α-hetero) is 1. The highest BCUT2D eigenvalue weighted by Crippen LogP contribution is 2.29. The number of unbranched alkanes of at least 4 members (excludes halogenated alkanes) is 2. The SMILES string of the molecule is O=C1COc2cc(OCCCCCBr)ccc21. The van der Waals surface area contributed by atoms with Crippen LogP contribution in [0.15, 0.2) is 18.2 Å². The van der Waals surface area contributed by atoms with E-state index in [4.69, 9.17) is 9.47 Å². The molecule has 1 aliphatic rings. The van der Waals surface area contributed by atoms with Crippen molar-refractivity contribution in [3.05, 3.63) is 23.8 Å². The monoisotopic (exact) mass is 298 g/mol. The second-order valence-corrected chi connectivity index (χ2v) is 4.76. The van der Waals surface area contributed by atoms with Crippen LogP contribution >= 0.6 is 15.9 Å². The predicted molar refractivity (Wildman–Crippen MR) is 69.4 cm³/mol. The van der Waals surface area contributed by atoms with Crippen molar-refractivity contribution in [1.82, 2.24) is 0 Å². The lowest BCUT2D eigenvalue weighted by molar-refractivity contribution is 0.0961. The number of ketones is 1. The van der Waals surface area contributed by atoms with Gasteiger partial charge in [-0.3, -0.25) is 4.79 Å². The Morgan fingerprint density at radius 3 is 3.00 bits per heavy atom. The Morgan fingerprint density at radius 2 is 2.18 bits per heavy atom. The van der Waals surface area contributed by atoms with Crippen molar-refractivity contribution in [1.29, 1.82) is 0 Å². The van der Waals surface area contributed by atoms with Gasteiger partial charge in [-0.05, 0) is 31.4 Å². The Bertz CT molecular complexity index is 404. The van der Waals surface area contributed by atoms with E-state index in [1.165, 1.54) is 6.42 Å². The van der Waals surface area contributed by atoms with Gasteiger partial charge in [0.15, 0.2) is 6.61 Å². The van der Waals surface area contributed by atoms with Crippen LogP contribution in [0.1, 0.15) is 29.6 Å². The highest BCUT2D eigenvalue weighted by Gasteiger charge is 2.21. The number of alkyl halides is 1. The fraction of sp³-hybridized carbons (Fsp3) is 0.462. The second-order valence-electron chi connectivity index (χ2n) is 3.97. The van der Waals surface area contributed by atoms with E-state index in [1.54, 1.807) is 12.1 Å². The average Bonchev–Trinajstić information content (AvgIpc) is 2.71. The van der Waals surface area contributed by atoms with Gasteiger partial charge in [-0.2, -0.15) is 0 Å². The van der Waals surface area contributed by atoms with Gasteiger partial charge in [0.25, 0.3) is 0 Å². The van der Waals surface area contributed by atoms with Crippen LogP contribution in [0.4, 0.5) is 0 Å².